The SMILES string of the molecule is CC(C)CC1NCC(=O)N1CC1(CC(C)C)CCCC1. The Kier molecular flexibility index (Phi) is 5.11. The van der Waals surface area contributed by atoms with Crippen LogP contribution in [0.2, 0.25) is 0 Å². The molecule has 1 unspecified atom stereocenters. The monoisotopic (exact) mass is 280 g/mol. The minimum absolute atomic E-state index is 0.270. The first-order chi connectivity index (χ1) is 9.42. The first-order valence-corrected chi connectivity index (χ1v) is 8.45. The van der Waals surface area contributed by atoms with Gasteiger partial charge >= 0.3 is 0 Å². The van der Waals surface area contributed by atoms with Gasteiger partial charge in [0.1, 0.15) is 0 Å². The maximum atomic E-state index is 12.2. The molecule has 2 aliphatic rings. The largest absolute Gasteiger partial charge is 0.325 e. The van der Waals surface area contributed by atoms with Crippen LogP contribution in [-0.4, -0.2) is 30.1 Å². The highest BCUT2D eigenvalue weighted by Gasteiger charge is 2.41. The predicted octanol–water partition coefficient (Wildman–Crippen LogP) is 3.40. The van der Waals surface area contributed by atoms with E-state index in [1.54, 1.807) is 0 Å². The number of carbonyl (C=O) groups excluding carboxylic acids is 1. The summed E-state index contributed by atoms with van der Waals surface area (Å²) in [7, 11) is 0. The second-order valence-corrected chi connectivity index (χ2v) is 7.85. The molecule has 1 saturated carbocycles. The third-order valence-corrected chi connectivity index (χ3v) is 4.89. The second-order valence-electron chi connectivity index (χ2n) is 7.85. The lowest BCUT2D eigenvalue weighted by Gasteiger charge is -2.37. The zero-order chi connectivity index (χ0) is 14.8. The Morgan fingerprint density at radius 1 is 1.20 bits per heavy atom. The number of hydrogen-bond donors (Lipinski definition) is 1. The van der Waals surface area contributed by atoms with Crippen molar-refractivity contribution in [1.29, 1.82) is 0 Å². The van der Waals surface area contributed by atoms with Crippen LogP contribution in [0, 0.1) is 17.3 Å². The molecule has 0 aromatic carbocycles. The fourth-order valence-electron chi connectivity index (χ4n) is 4.23. The molecule has 1 atom stereocenters. The summed E-state index contributed by atoms with van der Waals surface area (Å²) in [5.74, 6) is 1.67. The lowest BCUT2D eigenvalue weighted by Crippen LogP contribution is -2.45. The standard InChI is InChI=1S/C17H32N2O/c1-13(2)9-15-18-11-16(20)19(15)12-17(10-14(3)4)7-5-6-8-17/h13-15,18H,5-12H2,1-4H3. The maximum absolute atomic E-state index is 12.2. The number of amides is 1. The van der Waals surface area contributed by atoms with Crippen LogP contribution in [0.3, 0.4) is 0 Å². The third-order valence-electron chi connectivity index (χ3n) is 4.89. The maximum Gasteiger partial charge on any atom is 0.237 e. The summed E-state index contributed by atoms with van der Waals surface area (Å²) < 4.78 is 0. The summed E-state index contributed by atoms with van der Waals surface area (Å²) in [5, 5.41) is 3.41. The van der Waals surface area contributed by atoms with Gasteiger partial charge < -0.3 is 4.90 Å². The molecule has 1 aliphatic carbocycles. The molecule has 2 rings (SSSR count). The van der Waals surface area contributed by atoms with Gasteiger partial charge in [0.05, 0.1) is 12.7 Å². The fourth-order valence-corrected chi connectivity index (χ4v) is 4.23. The molecule has 116 valence electrons. The lowest BCUT2D eigenvalue weighted by atomic mass is 9.78. The minimum Gasteiger partial charge on any atom is -0.325 e. The van der Waals surface area contributed by atoms with E-state index < -0.39 is 0 Å². The molecular weight excluding hydrogens is 248 g/mol. The van der Waals surface area contributed by atoms with Crippen molar-refractivity contribution in [2.45, 2.75) is 72.4 Å². The number of nitrogens with one attached hydrogen (secondary N) is 1. The number of carbonyl (C=O) groups is 1. The highest BCUT2D eigenvalue weighted by molar-refractivity contribution is 5.80. The normalized spacial score (nSPS) is 26.2. The van der Waals surface area contributed by atoms with E-state index in [-0.39, 0.29) is 6.17 Å². The van der Waals surface area contributed by atoms with Gasteiger partial charge in [-0.05, 0) is 42.9 Å². The molecule has 0 aromatic rings. The summed E-state index contributed by atoms with van der Waals surface area (Å²) in [6, 6.07) is 0. The smallest absolute Gasteiger partial charge is 0.237 e. The van der Waals surface area contributed by atoms with Crippen LogP contribution in [0.15, 0.2) is 0 Å². The van der Waals surface area contributed by atoms with Crippen molar-refractivity contribution >= 4 is 5.91 Å². The van der Waals surface area contributed by atoms with Crippen molar-refractivity contribution in [2.75, 3.05) is 13.1 Å². The molecule has 1 heterocycles. The van der Waals surface area contributed by atoms with Crippen LogP contribution in [0.4, 0.5) is 0 Å². The van der Waals surface area contributed by atoms with E-state index in [1.807, 2.05) is 0 Å². The number of hydrogen-bond acceptors (Lipinski definition) is 2. The number of nitrogens with zero attached hydrogens (tertiary/aromatic N) is 1. The van der Waals surface area contributed by atoms with Gasteiger partial charge in [-0.2, -0.15) is 0 Å². The fraction of sp³-hybridized carbons (Fsp3) is 0.941. The molecule has 0 radical (unpaired) electrons. The number of rotatable bonds is 6. The van der Waals surface area contributed by atoms with Gasteiger partial charge in [-0.1, -0.05) is 40.5 Å². The van der Waals surface area contributed by atoms with Crippen molar-refractivity contribution in [2.24, 2.45) is 17.3 Å². The van der Waals surface area contributed by atoms with E-state index in [0.29, 0.717) is 23.8 Å². The zero-order valence-corrected chi connectivity index (χ0v) is 13.7. The van der Waals surface area contributed by atoms with E-state index in [9.17, 15) is 4.79 Å². The van der Waals surface area contributed by atoms with E-state index in [1.165, 1.54) is 32.1 Å². The van der Waals surface area contributed by atoms with Crippen molar-refractivity contribution in [1.82, 2.24) is 10.2 Å². The van der Waals surface area contributed by atoms with Crippen LogP contribution >= 0.6 is 0 Å². The van der Waals surface area contributed by atoms with Crippen LogP contribution in [0.25, 0.3) is 0 Å². The van der Waals surface area contributed by atoms with E-state index >= 15 is 0 Å². The van der Waals surface area contributed by atoms with Gasteiger partial charge in [0.25, 0.3) is 0 Å². The predicted molar refractivity (Wildman–Crippen MR) is 83.3 cm³/mol. The molecule has 0 bridgehead atoms. The highest BCUT2D eigenvalue weighted by Crippen LogP contribution is 2.44. The average molecular weight is 280 g/mol. The molecule has 0 spiro atoms. The molecule has 1 saturated heterocycles. The van der Waals surface area contributed by atoms with Crippen molar-refractivity contribution in [3.63, 3.8) is 0 Å². The van der Waals surface area contributed by atoms with E-state index in [0.717, 1.165) is 18.9 Å². The van der Waals surface area contributed by atoms with Gasteiger partial charge in [-0.25, -0.2) is 0 Å². The summed E-state index contributed by atoms with van der Waals surface area (Å²) >= 11 is 0. The Bertz CT molecular complexity index is 332. The average Bonchev–Trinajstić information content (AvgIpc) is 2.90. The van der Waals surface area contributed by atoms with Gasteiger partial charge in [-0.15, -0.1) is 0 Å². The Morgan fingerprint density at radius 2 is 1.85 bits per heavy atom. The molecule has 3 nitrogen and oxygen atoms in total. The first-order valence-electron chi connectivity index (χ1n) is 8.45. The van der Waals surface area contributed by atoms with Crippen molar-refractivity contribution in [3.8, 4) is 0 Å². The summed E-state index contributed by atoms with van der Waals surface area (Å²) in [6.07, 6.45) is 7.92. The molecule has 20 heavy (non-hydrogen) atoms. The van der Waals surface area contributed by atoms with Crippen molar-refractivity contribution in [3.05, 3.63) is 0 Å². The minimum atomic E-state index is 0.270. The molecule has 1 amide bonds. The molecule has 2 fully saturated rings. The Balaban J connectivity index is 2.05. The van der Waals surface area contributed by atoms with Gasteiger partial charge in [0, 0.05) is 6.54 Å². The van der Waals surface area contributed by atoms with Gasteiger partial charge in [-0.3, -0.25) is 10.1 Å². The van der Waals surface area contributed by atoms with E-state index in [2.05, 4.69) is 37.9 Å². The first kappa shape index (κ1) is 15.8. The van der Waals surface area contributed by atoms with Crippen LogP contribution in [0.1, 0.15) is 66.2 Å². The van der Waals surface area contributed by atoms with Crippen molar-refractivity contribution < 1.29 is 4.79 Å². The topological polar surface area (TPSA) is 32.3 Å². The Hall–Kier alpha value is -0.570. The van der Waals surface area contributed by atoms with Crippen LogP contribution < -0.4 is 5.32 Å². The van der Waals surface area contributed by atoms with Gasteiger partial charge in [0.2, 0.25) is 5.91 Å². The molecule has 3 heteroatoms. The third kappa shape index (κ3) is 3.75. The summed E-state index contributed by atoms with van der Waals surface area (Å²) in [6.45, 7) is 10.6. The highest BCUT2D eigenvalue weighted by atomic mass is 16.2. The Labute approximate surface area is 124 Å². The Morgan fingerprint density at radius 3 is 2.40 bits per heavy atom. The van der Waals surface area contributed by atoms with Gasteiger partial charge in [0.15, 0.2) is 0 Å². The quantitative estimate of drug-likeness (QED) is 0.809. The lowest BCUT2D eigenvalue weighted by molar-refractivity contribution is -0.130. The summed E-state index contributed by atoms with van der Waals surface area (Å²) in [4.78, 5) is 14.4. The second kappa shape index (κ2) is 6.46. The van der Waals surface area contributed by atoms with Crippen LogP contribution in [-0.2, 0) is 4.79 Å². The molecule has 1 aliphatic heterocycles. The molecule has 0 aromatic heterocycles. The van der Waals surface area contributed by atoms with Crippen LogP contribution in [0.5, 0.6) is 0 Å². The summed E-state index contributed by atoms with van der Waals surface area (Å²) in [5.41, 5.74) is 0.394. The molecule has 1 N–H and O–H groups in total. The molecular formula is C17H32N2O. The van der Waals surface area contributed by atoms with E-state index in [4.69, 9.17) is 0 Å². The zero-order valence-electron chi connectivity index (χ0n) is 13.7.